The van der Waals surface area contributed by atoms with Crippen molar-refractivity contribution in [1.82, 2.24) is 5.32 Å². The van der Waals surface area contributed by atoms with Gasteiger partial charge in [0.25, 0.3) is 11.6 Å². The van der Waals surface area contributed by atoms with E-state index in [1.807, 2.05) is 0 Å². The Bertz CT molecular complexity index is 519. The smallest absolute Gasteiger partial charge is 0.269 e. The van der Waals surface area contributed by atoms with Crippen molar-refractivity contribution in [3.63, 3.8) is 0 Å². The Morgan fingerprint density at radius 3 is 2.20 bits per heavy atom. The first-order valence-corrected chi connectivity index (χ1v) is 6.70. The molecule has 0 aliphatic carbocycles. The van der Waals surface area contributed by atoms with Crippen molar-refractivity contribution in [2.45, 2.75) is 10.9 Å². The first-order valence-electron chi connectivity index (χ1n) is 5.30. The van der Waals surface area contributed by atoms with Crippen LogP contribution in [0.25, 0.3) is 0 Å². The number of nitro groups is 1. The zero-order chi connectivity index (χ0) is 15.3. The maximum Gasteiger partial charge on any atom is 0.269 e. The maximum atomic E-state index is 12.1. The number of nitrogens with one attached hydrogen (secondary N) is 1. The number of hydrogen-bond donors (Lipinski definition) is 1. The van der Waals surface area contributed by atoms with Gasteiger partial charge in [-0.3, -0.25) is 19.7 Å². The summed E-state index contributed by atoms with van der Waals surface area (Å²) < 4.78 is 0. The second kappa shape index (κ2) is 7.42. The average molecular weight is 340 g/mol. The van der Waals surface area contributed by atoms with Crippen LogP contribution in [0.2, 0.25) is 0 Å². The van der Waals surface area contributed by atoms with Gasteiger partial charge in [-0.15, -0.1) is 11.6 Å². The fourth-order valence-electron chi connectivity index (χ4n) is 1.36. The van der Waals surface area contributed by atoms with Crippen LogP contribution in [0.4, 0.5) is 5.69 Å². The van der Waals surface area contributed by atoms with E-state index in [0.717, 1.165) is 0 Å². The molecule has 1 aromatic rings. The lowest BCUT2D eigenvalue weighted by Crippen LogP contribution is -2.44. The van der Waals surface area contributed by atoms with Crippen LogP contribution in [0.1, 0.15) is 10.4 Å². The van der Waals surface area contributed by atoms with Gasteiger partial charge in [-0.1, -0.05) is 23.2 Å². The first kappa shape index (κ1) is 16.7. The summed E-state index contributed by atoms with van der Waals surface area (Å²) >= 11 is 16.3. The predicted molar refractivity (Wildman–Crippen MR) is 75.6 cm³/mol. The van der Waals surface area contributed by atoms with E-state index in [2.05, 4.69) is 5.32 Å². The summed E-state index contributed by atoms with van der Waals surface area (Å²) in [6, 6.07) is 3.93. The van der Waals surface area contributed by atoms with Crippen LogP contribution in [0, 0.1) is 10.1 Å². The molecule has 0 aliphatic heterocycles. The third kappa shape index (κ3) is 4.33. The van der Waals surface area contributed by atoms with E-state index in [-0.39, 0.29) is 17.1 Å². The van der Waals surface area contributed by atoms with Crippen LogP contribution in [0.5, 0.6) is 0 Å². The fraction of sp³-hybridized carbons (Fsp3) is 0.273. The molecule has 0 bridgehead atoms. The van der Waals surface area contributed by atoms with Crippen molar-refractivity contribution in [2.75, 3.05) is 5.88 Å². The molecule has 0 saturated carbocycles. The SMILES string of the molecule is O=C(NC(CCl)C(=O)c1ccc([N+](=O)[O-])cc1)C(Cl)Cl. The van der Waals surface area contributed by atoms with Gasteiger partial charge in [0.15, 0.2) is 10.6 Å². The predicted octanol–water partition coefficient (Wildman–Crippen LogP) is 2.30. The van der Waals surface area contributed by atoms with E-state index in [0.29, 0.717) is 0 Å². The van der Waals surface area contributed by atoms with Crippen molar-refractivity contribution >= 4 is 52.2 Å². The Hall–Kier alpha value is -1.37. The molecule has 20 heavy (non-hydrogen) atoms. The third-order valence-corrected chi connectivity index (χ3v) is 3.05. The van der Waals surface area contributed by atoms with Gasteiger partial charge in [0, 0.05) is 17.7 Å². The number of hydrogen-bond acceptors (Lipinski definition) is 4. The second-order valence-electron chi connectivity index (χ2n) is 3.68. The minimum Gasteiger partial charge on any atom is -0.342 e. The number of carbonyl (C=O) groups excluding carboxylic acids is 2. The highest BCUT2D eigenvalue weighted by Crippen LogP contribution is 2.14. The van der Waals surface area contributed by atoms with Gasteiger partial charge in [-0.2, -0.15) is 0 Å². The van der Waals surface area contributed by atoms with Gasteiger partial charge in [-0.05, 0) is 12.1 Å². The van der Waals surface area contributed by atoms with Crippen LogP contribution in [-0.2, 0) is 4.79 Å². The molecular weight excluding hydrogens is 330 g/mol. The largest absolute Gasteiger partial charge is 0.342 e. The number of rotatable bonds is 6. The molecule has 0 radical (unpaired) electrons. The van der Waals surface area contributed by atoms with Crippen molar-refractivity contribution in [3.8, 4) is 0 Å². The van der Waals surface area contributed by atoms with Crippen LogP contribution >= 0.6 is 34.8 Å². The lowest BCUT2D eigenvalue weighted by Gasteiger charge is -2.15. The van der Waals surface area contributed by atoms with Gasteiger partial charge in [0.1, 0.15) is 6.04 Å². The molecule has 0 saturated heterocycles. The first-order chi connectivity index (χ1) is 9.36. The van der Waals surface area contributed by atoms with Crippen LogP contribution in [-0.4, -0.2) is 33.4 Å². The topological polar surface area (TPSA) is 89.3 Å². The summed E-state index contributed by atoms with van der Waals surface area (Å²) in [4.78, 5) is 32.0. The molecule has 1 amide bonds. The van der Waals surface area contributed by atoms with Crippen molar-refractivity contribution in [3.05, 3.63) is 39.9 Å². The van der Waals surface area contributed by atoms with Crippen LogP contribution < -0.4 is 5.32 Å². The minimum absolute atomic E-state index is 0.144. The van der Waals surface area contributed by atoms with Gasteiger partial charge < -0.3 is 5.32 Å². The van der Waals surface area contributed by atoms with E-state index in [4.69, 9.17) is 34.8 Å². The molecule has 0 heterocycles. The highest BCUT2D eigenvalue weighted by molar-refractivity contribution is 6.53. The van der Waals surface area contributed by atoms with Gasteiger partial charge >= 0.3 is 0 Å². The Kier molecular flexibility index (Phi) is 6.19. The Morgan fingerprint density at radius 2 is 1.80 bits per heavy atom. The quantitative estimate of drug-likeness (QED) is 0.373. The number of nitro benzene ring substituents is 1. The van der Waals surface area contributed by atoms with Crippen molar-refractivity contribution < 1.29 is 14.5 Å². The lowest BCUT2D eigenvalue weighted by atomic mass is 10.1. The van der Waals surface area contributed by atoms with Gasteiger partial charge in [0.05, 0.1) is 10.8 Å². The molecule has 1 N–H and O–H groups in total. The molecule has 1 rings (SSSR count). The molecular formula is C11H9Cl3N2O4. The Morgan fingerprint density at radius 1 is 1.25 bits per heavy atom. The van der Waals surface area contributed by atoms with E-state index < -0.39 is 27.5 Å². The summed E-state index contributed by atoms with van der Waals surface area (Å²) in [6.45, 7) is 0. The molecule has 0 spiro atoms. The van der Waals surface area contributed by atoms with Crippen LogP contribution in [0.15, 0.2) is 24.3 Å². The second-order valence-corrected chi connectivity index (χ2v) is 5.09. The molecule has 1 aromatic carbocycles. The summed E-state index contributed by atoms with van der Waals surface area (Å²) in [5.41, 5.74) is 0.0387. The third-order valence-electron chi connectivity index (χ3n) is 2.35. The number of amides is 1. The Labute approximate surface area is 129 Å². The zero-order valence-electron chi connectivity index (χ0n) is 9.89. The van der Waals surface area contributed by atoms with Crippen molar-refractivity contribution in [1.29, 1.82) is 0 Å². The zero-order valence-corrected chi connectivity index (χ0v) is 12.2. The number of halogens is 3. The minimum atomic E-state index is -1.31. The van der Waals surface area contributed by atoms with Gasteiger partial charge in [0.2, 0.25) is 0 Å². The number of ketones is 1. The Balaban J connectivity index is 2.85. The number of nitrogens with zero attached hydrogens (tertiary/aromatic N) is 1. The molecule has 0 aromatic heterocycles. The van der Waals surface area contributed by atoms with Gasteiger partial charge in [-0.25, -0.2) is 0 Å². The molecule has 9 heteroatoms. The number of carbonyl (C=O) groups is 2. The fourth-order valence-corrected chi connectivity index (χ4v) is 1.70. The molecule has 0 fully saturated rings. The summed E-state index contributed by atoms with van der Waals surface area (Å²) in [7, 11) is 0. The van der Waals surface area contributed by atoms with E-state index in [9.17, 15) is 19.7 Å². The standard InChI is InChI=1S/C11H9Cl3N2O4/c12-5-8(15-11(18)10(13)14)9(17)6-1-3-7(4-2-6)16(19)20/h1-4,8,10H,5H2,(H,15,18). The molecule has 6 nitrogen and oxygen atoms in total. The average Bonchev–Trinajstić information content (AvgIpc) is 2.43. The van der Waals surface area contributed by atoms with E-state index in [1.54, 1.807) is 0 Å². The van der Waals surface area contributed by atoms with Crippen molar-refractivity contribution in [2.24, 2.45) is 0 Å². The monoisotopic (exact) mass is 338 g/mol. The van der Waals surface area contributed by atoms with E-state index >= 15 is 0 Å². The molecule has 108 valence electrons. The van der Waals surface area contributed by atoms with E-state index in [1.165, 1.54) is 24.3 Å². The molecule has 1 unspecified atom stereocenters. The molecule has 1 atom stereocenters. The highest BCUT2D eigenvalue weighted by Gasteiger charge is 2.24. The lowest BCUT2D eigenvalue weighted by molar-refractivity contribution is -0.384. The number of non-ortho nitro benzene ring substituents is 1. The maximum absolute atomic E-state index is 12.1. The number of Topliss-reactive ketones (excluding diaryl/α,β-unsaturated/α-hetero) is 1. The van der Waals surface area contributed by atoms with Crippen LogP contribution in [0.3, 0.4) is 0 Å². The number of alkyl halides is 3. The summed E-state index contributed by atoms with van der Waals surface area (Å²) in [5, 5.41) is 12.8. The summed E-state index contributed by atoms with van der Waals surface area (Å²) in [6.07, 6.45) is 0. The number of benzene rings is 1. The highest BCUT2D eigenvalue weighted by atomic mass is 35.5. The summed E-state index contributed by atoms with van der Waals surface area (Å²) in [5.74, 6) is -1.41. The molecule has 0 aliphatic rings. The normalized spacial score (nSPS) is 12.0.